The second-order valence-corrected chi connectivity index (χ2v) is 3.51. The zero-order valence-electron chi connectivity index (χ0n) is 6.54. The van der Waals surface area contributed by atoms with Crippen LogP contribution in [0.5, 0.6) is 0 Å². The minimum absolute atomic E-state index is 0.129. The van der Waals surface area contributed by atoms with E-state index in [1.165, 1.54) is 17.4 Å². The molecular formula is C9H5FN2S. The molecule has 1 heterocycles. The highest BCUT2D eigenvalue weighted by molar-refractivity contribution is 7.17. The number of benzene rings is 1. The van der Waals surface area contributed by atoms with Crippen molar-refractivity contribution in [2.45, 2.75) is 0 Å². The van der Waals surface area contributed by atoms with E-state index in [1.807, 2.05) is 6.07 Å². The van der Waals surface area contributed by atoms with E-state index in [1.54, 1.807) is 11.4 Å². The molecule has 0 saturated heterocycles. The van der Waals surface area contributed by atoms with Crippen molar-refractivity contribution in [2.75, 3.05) is 5.73 Å². The first-order valence-corrected chi connectivity index (χ1v) is 4.47. The Hall–Kier alpha value is -1.60. The summed E-state index contributed by atoms with van der Waals surface area (Å²) < 4.78 is 13.8. The molecule has 2 aromatic rings. The third kappa shape index (κ3) is 1.05. The third-order valence-electron chi connectivity index (χ3n) is 1.85. The van der Waals surface area contributed by atoms with E-state index in [2.05, 4.69) is 0 Å². The molecule has 1 aromatic heterocycles. The predicted octanol–water partition coefficient (Wildman–Crippen LogP) is 2.49. The maximum Gasteiger partial charge on any atom is 0.148 e. The van der Waals surface area contributed by atoms with E-state index >= 15 is 0 Å². The van der Waals surface area contributed by atoms with Crippen LogP contribution in [0.4, 0.5) is 10.1 Å². The topological polar surface area (TPSA) is 49.8 Å². The van der Waals surface area contributed by atoms with Gasteiger partial charge in [0.2, 0.25) is 0 Å². The van der Waals surface area contributed by atoms with Crippen molar-refractivity contribution < 1.29 is 4.39 Å². The Balaban J connectivity index is 2.97. The van der Waals surface area contributed by atoms with Crippen LogP contribution in [0.25, 0.3) is 10.1 Å². The molecule has 0 amide bonds. The number of nitrogen functional groups attached to an aromatic ring is 1. The van der Waals surface area contributed by atoms with Crippen molar-refractivity contribution in [3.8, 4) is 6.07 Å². The zero-order valence-corrected chi connectivity index (χ0v) is 7.36. The first-order chi connectivity index (χ1) is 6.24. The molecule has 4 heteroatoms. The molecule has 0 aliphatic rings. The molecule has 64 valence electrons. The number of anilines is 1. The normalized spacial score (nSPS) is 10.2. The predicted molar refractivity (Wildman–Crippen MR) is 50.9 cm³/mol. The molecule has 2 rings (SSSR count). The summed E-state index contributed by atoms with van der Waals surface area (Å²) in [5.41, 5.74) is 5.98. The monoisotopic (exact) mass is 192 g/mol. The Morgan fingerprint density at radius 2 is 2.31 bits per heavy atom. The van der Waals surface area contributed by atoms with E-state index < -0.39 is 5.82 Å². The van der Waals surface area contributed by atoms with E-state index in [-0.39, 0.29) is 5.69 Å². The van der Waals surface area contributed by atoms with Crippen LogP contribution in [0, 0.1) is 17.1 Å². The standard InChI is InChI=1S/C9H5FN2S/c10-7-3-5(4-11)6-1-2-13-9(6)8(7)12/h1-3H,12H2. The highest BCUT2D eigenvalue weighted by Crippen LogP contribution is 2.31. The van der Waals surface area contributed by atoms with Crippen LogP contribution >= 0.6 is 11.3 Å². The quantitative estimate of drug-likeness (QED) is 0.652. The van der Waals surface area contributed by atoms with E-state index in [0.717, 1.165) is 5.39 Å². The average molecular weight is 192 g/mol. The van der Waals surface area contributed by atoms with Gasteiger partial charge in [-0.2, -0.15) is 5.26 Å². The molecule has 0 saturated carbocycles. The van der Waals surface area contributed by atoms with E-state index in [4.69, 9.17) is 11.0 Å². The lowest BCUT2D eigenvalue weighted by Crippen LogP contribution is -1.91. The Kier molecular flexibility index (Phi) is 1.67. The van der Waals surface area contributed by atoms with Crippen LogP contribution < -0.4 is 5.73 Å². The molecule has 0 spiro atoms. The number of nitrogens with zero attached hydrogens (tertiary/aromatic N) is 1. The molecule has 0 atom stereocenters. The smallest absolute Gasteiger partial charge is 0.148 e. The first kappa shape index (κ1) is 8.02. The molecular weight excluding hydrogens is 187 g/mol. The number of nitrogens with two attached hydrogens (primary N) is 1. The summed E-state index contributed by atoms with van der Waals surface area (Å²) in [6, 6.07) is 4.88. The third-order valence-corrected chi connectivity index (χ3v) is 2.80. The SMILES string of the molecule is N#Cc1cc(F)c(N)c2sccc12. The van der Waals surface area contributed by atoms with Crippen molar-refractivity contribution >= 4 is 27.1 Å². The van der Waals surface area contributed by atoms with Crippen LogP contribution in [0.15, 0.2) is 17.5 Å². The molecule has 2 N–H and O–H groups in total. The average Bonchev–Trinajstić information content (AvgIpc) is 2.60. The molecule has 0 fully saturated rings. The van der Waals surface area contributed by atoms with Crippen molar-refractivity contribution in [3.63, 3.8) is 0 Å². The summed E-state index contributed by atoms with van der Waals surface area (Å²) in [6.45, 7) is 0. The highest BCUT2D eigenvalue weighted by Gasteiger charge is 2.09. The molecule has 0 bridgehead atoms. The second-order valence-electron chi connectivity index (χ2n) is 2.59. The van der Waals surface area contributed by atoms with Crippen molar-refractivity contribution in [1.82, 2.24) is 0 Å². The van der Waals surface area contributed by atoms with Crippen LogP contribution in [0.3, 0.4) is 0 Å². The second kappa shape index (κ2) is 2.71. The molecule has 13 heavy (non-hydrogen) atoms. The molecule has 0 radical (unpaired) electrons. The number of hydrogen-bond donors (Lipinski definition) is 1. The molecule has 0 aliphatic heterocycles. The van der Waals surface area contributed by atoms with Gasteiger partial charge in [-0.25, -0.2) is 4.39 Å². The number of halogens is 1. The summed E-state index contributed by atoms with van der Waals surface area (Å²) in [7, 11) is 0. The lowest BCUT2D eigenvalue weighted by molar-refractivity contribution is 0.634. The number of hydrogen-bond acceptors (Lipinski definition) is 3. The van der Waals surface area contributed by atoms with E-state index in [9.17, 15) is 4.39 Å². The fourth-order valence-corrected chi connectivity index (χ4v) is 2.08. The van der Waals surface area contributed by atoms with Gasteiger partial charge in [-0.05, 0) is 17.5 Å². The van der Waals surface area contributed by atoms with Gasteiger partial charge in [0.05, 0.1) is 22.0 Å². The van der Waals surface area contributed by atoms with Crippen LogP contribution in [-0.2, 0) is 0 Å². The number of rotatable bonds is 0. The summed E-state index contributed by atoms with van der Waals surface area (Å²) in [5.74, 6) is -0.522. The maximum absolute atomic E-state index is 13.1. The van der Waals surface area contributed by atoms with Gasteiger partial charge in [0.25, 0.3) is 0 Å². The first-order valence-electron chi connectivity index (χ1n) is 3.59. The van der Waals surface area contributed by atoms with Crippen LogP contribution in [-0.4, -0.2) is 0 Å². The van der Waals surface area contributed by atoms with E-state index in [0.29, 0.717) is 10.3 Å². The number of thiophene rings is 1. The van der Waals surface area contributed by atoms with Crippen molar-refractivity contribution in [3.05, 3.63) is 28.9 Å². The lowest BCUT2D eigenvalue weighted by Gasteiger charge is -1.99. The Labute approximate surface area is 78.0 Å². The fraction of sp³-hybridized carbons (Fsp3) is 0. The van der Waals surface area contributed by atoms with Gasteiger partial charge in [0.1, 0.15) is 5.82 Å². The van der Waals surface area contributed by atoms with Crippen molar-refractivity contribution in [1.29, 1.82) is 5.26 Å². The van der Waals surface area contributed by atoms with Gasteiger partial charge < -0.3 is 5.73 Å². The highest BCUT2D eigenvalue weighted by atomic mass is 32.1. The van der Waals surface area contributed by atoms with Crippen LogP contribution in [0.1, 0.15) is 5.56 Å². The fourth-order valence-electron chi connectivity index (χ4n) is 1.21. The Morgan fingerprint density at radius 1 is 1.54 bits per heavy atom. The van der Waals surface area contributed by atoms with Gasteiger partial charge in [0, 0.05) is 5.39 Å². The molecule has 2 nitrogen and oxygen atoms in total. The minimum atomic E-state index is -0.522. The summed E-state index contributed by atoms with van der Waals surface area (Å²) in [4.78, 5) is 0. The van der Waals surface area contributed by atoms with Gasteiger partial charge in [-0.15, -0.1) is 11.3 Å². The number of nitriles is 1. The van der Waals surface area contributed by atoms with Crippen LogP contribution in [0.2, 0.25) is 0 Å². The number of fused-ring (bicyclic) bond motifs is 1. The van der Waals surface area contributed by atoms with Gasteiger partial charge >= 0.3 is 0 Å². The molecule has 0 unspecified atom stereocenters. The minimum Gasteiger partial charge on any atom is -0.395 e. The molecule has 0 aliphatic carbocycles. The summed E-state index contributed by atoms with van der Waals surface area (Å²) >= 11 is 1.34. The van der Waals surface area contributed by atoms with Gasteiger partial charge in [-0.1, -0.05) is 0 Å². The summed E-state index contributed by atoms with van der Waals surface area (Å²) in [6.07, 6.45) is 0. The largest absolute Gasteiger partial charge is 0.395 e. The lowest BCUT2D eigenvalue weighted by atomic mass is 10.1. The maximum atomic E-state index is 13.1. The zero-order chi connectivity index (χ0) is 9.42. The molecule has 1 aromatic carbocycles. The van der Waals surface area contributed by atoms with Crippen molar-refractivity contribution in [2.24, 2.45) is 0 Å². The van der Waals surface area contributed by atoms with Gasteiger partial charge in [0.15, 0.2) is 0 Å². The Bertz CT molecular complexity index is 510. The summed E-state index contributed by atoms with van der Waals surface area (Å²) in [5, 5.41) is 11.2. The Morgan fingerprint density at radius 3 is 3.00 bits per heavy atom. The van der Waals surface area contributed by atoms with Gasteiger partial charge in [-0.3, -0.25) is 0 Å².